The molecular formula is C11H14N2O4. The van der Waals surface area contributed by atoms with Crippen LogP contribution in [0.3, 0.4) is 0 Å². The van der Waals surface area contributed by atoms with Crippen LogP contribution < -0.4 is 5.32 Å². The molecule has 0 aromatic carbocycles. The lowest BCUT2D eigenvalue weighted by molar-refractivity contribution is -0.137. The van der Waals surface area contributed by atoms with Gasteiger partial charge in [-0.3, -0.25) is 4.79 Å². The minimum atomic E-state index is -0.990. The molecule has 2 rings (SSSR count). The fourth-order valence-electron chi connectivity index (χ4n) is 1.57. The highest BCUT2D eigenvalue weighted by Crippen LogP contribution is 2.26. The molecule has 1 aliphatic carbocycles. The van der Waals surface area contributed by atoms with E-state index in [0.29, 0.717) is 6.54 Å². The first kappa shape index (κ1) is 11.5. The van der Waals surface area contributed by atoms with Crippen LogP contribution >= 0.6 is 0 Å². The van der Waals surface area contributed by atoms with Gasteiger partial charge in [-0.2, -0.15) is 0 Å². The third-order valence-corrected chi connectivity index (χ3v) is 2.58. The zero-order valence-corrected chi connectivity index (χ0v) is 9.26. The second-order valence-corrected chi connectivity index (χ2v) is 4.04. The Labute approximate surface area is 98.2 Å². The first-order valence-corrected chi connectivity index (χ1v) is 5.44. The molecule has 1 fully saturated rings. The van der Waals surface area contributed by atoms with Crippen LogP contribution in [0.1, 0.15) is 18.4 Å². The van der Waals surface area contributed by atoms with Gasteiger partial charge in [0.1, 0.15) is 6.54 Å². The van der Waals surface area contributed by atoms with Crippen molar-refractivity contribution < 1.29 is 19.1 Å². The minimum Gasteiger partial charge on any atom is -0.480 e. The Bertz CT molecular complexity index is 398. The van der Waals surface area contributed by atoms with Gasteiger partial charge in [0.25, 0.3) is 0 Å². The van der Waals surface area contributed by atoms with E-state index in [9.17, 15) is 9.59 Å². The van der Waals surface area contributed by atoms with Crippen molar-refractivity contribution in [3.63, 3.8) is 0 Å². The predicted octanol–water partition coefficient (Wildman–Crippen LogP) is 1.04. The average molecular weight is 238 g/mol. The summed E-state index contributed by atoms with van der Waals surface area (Å²) in [5.41, 5.74) is 0.851. The topological polar surface area (TPSA) is 82.8 Å². The number of carbonyl (C=O) groups is 2. The normalized spacial score (nSPS) is 14.4. The number of carbonyl (C=O) groups excluding carboxylic acids is 1. The number of urea groups is 1. The zero-order chi connectivity index (χ0) is 12.3. The molecule has 2 amide bonds. The fourth-order valence-corrected chi connectivity index (χ4v) is 1.57. The molecule has 1 aromatic heterocycles. The van der Waals surface area contributed by atoms with E-state index < -0.39 is 5.97 Å². The number of carboxylic acids is 1. The fraction of sp³-hybridized carbons (Fsp3) is 0.455. The summed E-state index contributed by atoms with van der Waals surface area (Å²) in [7, 11) is 0. The van der Waals surface area contributed by atoms with Crippen LogP contribution in [0.5, 0.6) is 0 Å². The van der Waals surface area contributed by atoms with E-state index in [0.717, 1.165) is 18.4 Å². The molecule has 17 heavy (non-hydrogen) atoms. The monoisotopic (exact) mass is 238 g/mol. The highest BCUT2D eigenvalue weighted by molar-refractivity contribution is 5.80. The van der Waals surface area contributed by atoms with E-state index in [2.05, 4.69) is 5.32 Å². The summed E-state index contributed by atoms with van der Waals surface area (Å²) in [6, 6.07) is 1.49. The van der Waals surface area contributed by atoms with Crippen LogP contribution in [0, 0.1) is 0 Å². The number of nitrogens with one attached hydrogen (secondary N) is 1. The van der Waals surface area contributed by atoms with Gasteiger partial charge in [-0.05, 0) is 18.9 Å². The Balaban J connectivity index is 1.85. The average Bonchev–Trinajstić information content (AvgIpc) is 2.99. The second-order valence-electron chi connectivity index (χ2n) is 4.04. The van der Waals surface area contributed by atoms with E-state index in [1.165, 1.54) is 11.2 Å². The predicted molar refractivity (Wildman–Crippen MR) is 58.3 cm³/mol. The van der Waals surface area contributed by atoms with Crippen molar-refractivity contribution in [1.82, 2.24) is 10.2 Å². The maximum absolute atomic E-state index is 11.8. The van der Waals surface area contributed by atoms with Gasteiger partial charge in [-0.25, -0.2) is 4.79 Å². The van der Waals surface area contributed by atoms with Crippen molar-refractivity contribution in [1.29, 1.82) is 0 Å². The molecule has 0 aliphatic heterocycles. The van der Waals surface area contributed by atoms with Gasteiger partial charge in [0.2, 0.25) is 0 Å². The lowest BCUT2D eigenvalue weighted by atomic mass is 10.3. The Kier molecular flexibility index (Phi) is 3.32. The number of carboxylic acid groups (broad SMARTS) is 1. The molecular weight excluding hydrogens is 224 g/mol. The molecule has 0 unspecified atom stereocenters. The molecule has 0 radical (unpaired) electrons. The zero-order valence-electron chi connectivity index (χ0n) is 9.26. The Morgan fingerprint density at radius 3 is 2.82 bits per heavy atom. The first-order chi connectivity index (χ1) is 8.16. The van der Waals surface area contributed by atoms with Gasteiger partial charge in [0.15, 0.2) is 0 Å². The van der Waals surface area contributed by atoms with E-state index in [1.807, 2.05) is 0 Å². The van der Waals surface area contributed by atoms with E-state index in [1.54, 1.807) is 12.3 Å². The van der Waals surface area contributed by atoms with Crippen molar-refractivity contribution in [3.05, 3.63) is 24.2 Å². The minimum absolute atomic E-state index is 0.0791. The second kappa shape index (κ2) is 4.90. The molecule has 6 heteroatoms. The van der Waals surface area contributed by atoms with Crippen molar-refractivity contribution in [2.45, 2.75) is 25.4 Å². The number of nitrogens with zero attached hydrogens (tertiary/aromatic N) is 1. The van der Waals surface area contributed by atoms with E-state index >= 15 is 0 Å². The standard InChI is InChI=1S/C11H14N2O4/c14-10(15)6-13(9-1-2-9)11(16)12-5-8-3-4-17-7-8/h3-4,7,9H,1-2,5-6H2,(H,12,16)(H,14,15). The summed E-state index contributed by atoms with van der Waals surface area (Å²) in [5, 5.41) is 11.4. The Hall–Kier alpha value is -1.98. The van der Waals surface area contributed by atoms with Crippen LogP contribution in [0.25, 0.3) is 0 Å². The summed E-state index contributed by atoms with van der Waals surface area (Å²) < 4.78 is 4.87. The summed E-state index contributed by atoms with van der Waals surface area (Å²) in [6.45, 7) is 0.0973. The third-order valence-electron chi connectivity index (χ3n) is 2.58. The van der Waals surface area contributed by atoms with Crippen molar-refractivity contribution in [3.8, 4) is 0 Å². The maximum atomic E-state index is 11.8. The maximum Gasteiger partial charge on any atom is 0.323 e. The quantitative estimate of drug-likeness (QED) is 0.802. The van der Waals surface area contributed by atoms with Crippen LogP contribution in [-0.4, -0.2) is 34.6 Å². The molecule has 0 saturated heterocycles. The lowest BCUT2D eigenvalue weighted by Crippen LogP contribution is -2.43. The third kappa shape index (κ3) is 3.24. The van der Waals surface area contributed by atoms with Crippen LogP contribution in [-0.2, 0) is 11.3 Å². The molecule has 1 heterocycles. The Morgan fingerprint density at radius 2 is 2.29 bits per heavy atom. The summed E-state index contributed by atoms with van der Waals surface area (Å²) in [6.07, 6.45) is 4.83. The molecule has 1 aromatic rings. The molecule has 6 nitrogen and oxygen atoms in total. The summed E-state index contributed by atoms with van der Waals surface area (Å²) >= 11 is 0. The summed E-state index contributed by atoms with van der Waals surface area (Å²) in [4.78, 5) is 23.8. The van der Waals surface area contributed by atoms with Gasteiger partial charge < -0.3 is 19.7 Å². The van der Waals surface area contributed by atoms with Crippen molar-refractivity contribution >= 4 is 12.0 Å². The number of hydrogen-bond acceptors (Lipinski definition) is 3. The lowest BCUT2D eigenvalue weighted by Gasteiger charge is -2.20. The van der Waals surface area contributed by atoms with Crippen molar-refractivity contribution in [2.24, 2.45) is 0 Å². The van der Waals surface area contributed by atoms with Crippen LogP contribution in [0.4, 0.5) is 4.79 Å². The number of aliphatic carboxylic acids is 1. The van der Waals surface area contributed by atoms with Crippen molar-refractivity contribution in [2.75, 3.05) is 6.54 Å². The van der Waals surface area contributed by atoms with Gasteiger partial charge in [0.05, 0.1) is 12.5 Å². The molecule has 1 saturated carbocycles. The summed E-state index contributed by atoms with van der Waals surface area (Å²) in [5.74, 6) is -0.990. The van der Waals surface area contributed by atoms with Gasteiger partial charge in [-0.15, -0.1) is 0 Å². The molecule has 0 spiro atoms. The number of hydrogen-bond donors (Lipinski definition) is 2. The smallest absolute Gasteiger partial charge is 0.323 e. The highest BCUT2D eigenvalue weighted by atomic mass is 16.4. The van der Waals surface area contributed by atoms with E-state index in [4.69, 9.17) is 9.52 Å². The molecule has 1 aliphatic rings. The molecule has 92 valence electrons. The number of furan rings is 1. The van der Waals surface area contributed by atoms with Crippen LogP contribution in [0.15, 0.2) is 23.0 Å². The highest BCUT2D eigenvalue weighted by Gasteiger charge is 2.33. The largest absolute Gasteiger partial charge is 0.480 e. The van der Waals surface area contributed by atoms with E-state index in [-0.39, 0.29) is 18.6 Å². The number of amides is 2. The SMILES string of the molecule is O=C(O)CN(C(=O)NCc1ccoc1)C1CC1. The molecule has 2 N–H and O–H groups in total. The van der Waals surface area contributed by atoms with Gasteiger partial charge >= 0.3 is 12.0 Å². The van der Waals surface area contributed by atoms with Gasteiger partial charge in [0, 0.05) is 18.2 Å². The number of rotatable bonds is 5. The van der Waals surface area contributed by atoms with Gasteiger partial charge in [-0.1, -0.05) is 0 Å². The van der Waals surface area contributed by atoms with Crippen LogP contribution in [0.2, 0.25) is 0 Å². The molecule has 0 atom stereocenters. The Morgan fingerprint density at radius 1 is 1.53 bits per heavy atom. The molecule has 0 bridgehead atoms. The first-order valence-electron chi connectivity index (χ1n) is 5.44.